The van der Waals surface area contributed by atoms with Crippen LogP contribution in [0.4, 0.5) is 0 Å². The van der Waals surface area contributed by atoms with Gasteiger partial charge in [-0.15, -0.1) is 0 Å². The smallest absolute Gasteiger partial charge is 0.228 e. The summed E-state index contributed by atoms with van der Waals surface area (Å²) in [4.78, 5) is 17.6. The summed E-state index contributed by atoms with van der Waals surface area (Å²) >= 11 is 0. The molecule has 2 aromatic rings. The third kappa shape index (κ3) is 5.76. The van der Waals surface area contributed by atoms with Crippen LogP contribution in [0.2, 0.25) is 0 Å². The molecule has 0 aromatic heterocycles. The van der Waals surface area contributed by atoms with E-state index >= 15 is 0 Å². The molecule has 0 aliphatic carbocycles. The van der Waals surface area contributed by atoms with Crippen LogP contribution in [0, 0.1) is 0 Å². The van der Waals surface area contributed by atoms with Gasteiger partial charge in [0.15, 0.2) is 23.0 Å². The Morgan fingerprint density at radius 3 is 2.15 bits per heavy atom. The number of methoxy groups -OCH3 is 4. The predicted octanol–water partition coefficient (Wildman–Crippen LogP) is 3.95. The average molecular weight is 471 g/mol. The first-order chi connectivity index (χ1) is 16.4. The summed E-state index contributed by atoms with van der Waals surface area (Å²) < 4.78 is 21.7. The highest BCUT2D eigenvalue weighted by molar-refractivity contribution is 5.80. The molecule has 1 amide bonds. The van der Waals surface area contributed by atoms with E-state index in [1.54, 1.807) is 28.4 Å². The molecule has 2 aromatic carbocycles. The molecule has 7 heteroatoms. The lowest BCUT2D eigenvalue weighted by molar-refractivity contribution is -0.136. The summed E-state index contributed by atoms with van der Waals surface area (Å²) in [5.74, 6) is 3.03. The van der Waals surface area contributed by atoms with Crippen LogP contribution in [0.1, 0.15) is 36.5 Å². The predicted molar refractivity (Wildman–Crippen MR) is 133 cm³/mol. The normalized spacial score (nSPS) is 14.4. The second kappa shape index (κ2) is 12.0. The highest BCUT2D eigenvalue weighted by Gasteiger charge is 2.29. The van der Waals surface area contributed by atoms with Gasteiger partial charge in [-0.2, -0.15) is 0 Å². The molecule has 3 rings (SSSR count). The molecule has 1 atom stereocenters. The number of carbonyl (C=O) groups excluding carboxylic acids is 1. The summed E-state index contributed by atoms with van der Waals surface area (Å²) in [6.07, 6.45) is 4.04. The summed E-state index contributed by atoms with van der Waals surface area (Å²) in [6.45, 7) is 3.73. The molecule has 1 heterocycles. The first kappa shape index (κ1) is 25.7. The minimum absolute atomic E-state index is 0.0657. The Hall–Kier alpha value is -2.93. The van der Waals surface area contributed by atoms with E-state index in [9.17, 15) is 4.79 Å². The SMILES string of the molecule is CCC(N(C)CCCc1ccc(OC)c(OC)c1)N1CCc2cc(OC)c(OC)cc2CC1=O. The van der Waals surface area contributed by atoms with Crippen LogP contribution < -0.4 is 18.9 Å². The van der Waals surface area contributed by atoms with E-state index in [1.165, 1.54) is 5.56 Å². The highest BCUT2D eigenvalue weighted by Crippen LogP contribution is 2.33. The molecular weight excluding hydrogens is 432 g/mol. The fraction of sp³-hybridized carbons (Fsp3) is 0.519. The maximum atomic E-state index is 13.3. The molecule has 186 valence electrons. The highest BCUT2D eigenvalue weighted by atomic mass is 16.5. The van der Waals surface area contributed by atoms with Gasteiger partial charge in [-0.3, -0.25) is 9.69 Å². The van der Waals surface area contributed by atoms with Crippen molar-refractivity contribution in [2.45, 2.75) is 45.2 Å². The molecule has 1 aliphatic heterocycles. The monoisotopic (exact) mass is 470 g/mol. The molecule has 0 N–H and O–H groups in total. The Bertz CT molecular complexity index is 978. The minimum Gasteiger partial charge on any atom is -0.493 e. The molecule has 0 saturated heterocycles. The van der Waals surface area contributed by atoms with E-state index < -0.39 is 0 Å². The first-order valence-electron chi connectivity index (χ1n) is 11.9. The van der Waals surface area contributed by atoms with Gasteiger partial charge >= 0.3 is 0 Å². The van der Waals surface area contributed by atoms with Crippen LogP contribution in [0.3, 0.4) is 0 Å². The fourth-order valence-electron chi connectivity index (χ4n) is 4.79. The van der Waals surface area contributed by atoms with Crippen LogP contribution in [0.15, 0.2) is 30.3 Å². The number of hydrogen-bond donors (Lipinski definition) is 0. The molecule has 0 saturated carbocycles. The van der Waals surface area contributed by atoms with Crippen molar-refractivity contribution in [2.24, 2.45) is 0 Å². The number of nitrogens with zero attached hydrogens (tertiary/aromatic N) is 2. The Morgan fingerprint density at radius 1 is 0.912 bits per heavy atom. The number of rotatable bonds is 11. The number of fused-ring (bicyclic) bond motifs is 1. The fourth-order valence-corrected chi connectivity index (χ4v) is 4.79. The summed E-state index contributed by atoms with van der Waals surface area (Å²) in [5.41, 5.74) is 3.39. The zero-order valence-electron chi connectivity index (χ0n) is 21.3. The molecular formula is C27H38N2O5. The Balaban J connectivity index is 1.64. The van der Waals surface area contributed by atoms with E-state index in [4.69, 9.17) is 18.9 Å². The van der Waals surface area contributed by atoms with Crippen molar-refractivity contribution < 1.29 is 23.7 Å². The van der Waals surface area contributed by atoms with Gasteiger partial charge in [0.25, 0.3) is 0 Å². The lowest BCUT2D eigenvalue weighted by Gasteiger charge is -2.37. The molecule has 34 heavy (non-hydrogen) atoms. The largest absolute Gasteiger partial charge is 0.493 e. The summed E-state index contributed by atoms with van der Waals surface area (Å²) in [6, 6.07) is 10.0. The number of hydrogen-bond acceptors (Lipinski definition) is 6. The third-order valence-corrected chi connectivity index (χ3v) is 6.65. The number of benzene rings is 2. The van der Waals surface area contributed by atoms with Crippen LogP contribution in [0.25, 0.3) is 0 Å². The summed E-state index contributed by atoms with van der Waals surface area (Å²) in [5, 5.41) is 0. The van der Waals surface area contributed by atoms with Gasteiger partial charge in [0, 0.05) is 13.1 Å². The number of aryl methyl sites for hydroxylation is 1. The van der Waals surface area contributed by atoms with E-state index in [-0.39, 0.29) is 12.1 Å². The van der Waals surface area contributed by atoms with Gasteiger partial charge in [0.1, 0.15) is 0 Å². The van der Waals surface area contributed by atoms with Crippen molar-refractivity contribution in [1.29, 1.82) is 0 Å². The second-order valence-electron chi connectivity index (χ2n) is 8.65. The molecule has 7 nitrogen and oxygen atoms in total. The van der Waals surface area contributed by atoms with Gasteiger partial charge in [-0.05, 0) is 73.7 Å². The maximum absolute atomic E-state index is 13.3. The lowest BCUT2D eigenvalue weighted by Crippen LogP contribution is -2.50. The van der Waals surface area contributed by atoms with Gasteiger partial charge in [0.2, 0.25) is 5.91 Å². The van der Waals surface area contributed by atoms with Crippen molar-refractivity contribution >= 4 is 5.91 Å². The second-order valence-corrected chi connectivity index (χ2v) is 8.65. The Labute approximate surface area is 203 Å². The number of ether oxygens (including phenoxy) is 4. The van der Waals surface area contributed by atoms with Crippen LogP contribution in [-0.4, -0.2) is 70.4 Å². The Kier molecular flexibility index (Phi) is 9.05. The van der Waals surface area contributed by atoms with Crippen molar-refractivity contribution in [1.82, 2.24) is 9.80 Å². The molecule has 0 fully saturated rings. The molecule has 0 radical (unpaired) electrons. The van der Waals surface area contributed by atoms with Crippen molar-refractivity contribution in [2.75, 3.05) is 48.6 Å². The van der Waals surface area contributed by atoms with E-state index in [1.807, 2.05) is 29.2 Å². The Morgan fingerprint density at radius 2 is 1.53 bits per heavy atom. The van der Waals surface area contributed by atoms with E-state index in [2.05, 4.69) is 24.9 Å². The van der Waals surface area contributed by atoms with Crippen molar-refractivity contribution in [3.05, 3.63) is 47.0 Å². The van der Waals surface area contributed by atoms with Crippen LogP contribution in [0.5, 0.6) is 23.0 Å². The molecule has 0 bridgehead atoms. The van der Waals surface area contributed by atoms with E-state index in [0.29, 0.717) is 24.5 Å². The molecule has 1 aliphatic rings. The maximum Gasteiger partial charge on any atom is 0.228 e. The zero-order chi connectivity index (χ0) is 24.7. The molecule has 0 spiro atoms. The van der Waals surface area contributed by atoms with Crippen LogP contribution >= 0.6 is 0 Å². The van der Waals surface area contributed by atoms with Crippen molar-refractivity contribution in [3.63, 3.8) is 0 Å². The van der Waals surface area contributed by atoms with Gasteiger partial charge in [0.05, 0.1) is 41.0 Å². The van der Waals surface area contributed by atoms with E-state index in [0.717, 1.165) is 54.9 Å². The van der Waals surface area contributed by atoms with Crippen molar-refractivity contribution in [3.8, 4) is 23.0 Å². The van der Waals surface area contributed by atoms with Gasteiger partial charge < -0.3 is 23.8 Å². The lowest BCUT2D eigenvalue weighted by atomic mass is 10.0. The summed E-state index contributed by atoms with van der Waals surface area (Å²) in [7, 11) is 8.68. The average Bonchev–Trinajstić information content (AvgIpc) is 3.01. The van der Waals surface area contributed by atoms with Gasteiger partial charge in [-0.1, -0.05) is 13.0 Å². The number of amides is 1. The van der Waals surface area contributed by atoms with Gasteiger partial charge in [-0.25, -0.2) is 0 Å². The standard InChI is InChI=1S/C27H38N2O5/c1-7-26(28(2)13-8-9-19-10-11-22(31-3)23(15-19)32-4)29-14-12-20-16-24(33-5)25(34-6)17-21(20)18-27(29)30/h10-11,15-17,26H,7-9,12-14,18H2,1-6H3. The zero-order valence-corrected chi connectivity index (χ0v) is 21.3. The topological polar surface area (TPSA) is 60.5 Å². The number of carbonyl (C=O) groups is 1. The quantitative estimate of drug-likeness (QED) is 0.496. The minimum atomic E-state index is 0.0657. The first-order valence-corrected chi connectivity index (χ1v) is 11.9. The third-order valence-electron chi connectivity index (χ3n) is 6.65. The molecule has 1 unspecified atom stereocenters. The van der Waals surface area contributed by atoms with Crippen LogP contribution in [-0.2, 0) is 24.1 Å².